The molecule has 0 spiro atoms. The van der Waals surface area contributed by atoms with E-state index in [4.69, 9.17) is 14.2 Å². The Morgan fingerprint density at radius 2 is 2.07 bits per heavy atom. The van der Waals surface area contributed by atoms with Crippen molar-refractivity contribution in [1.82, 2.24) is 14.9 Å². The van der Waals surface area contributed by atoms with Crippen molar-refractivity contribution in [2.45, 2.75) is 57.5 Å². The van der Waals surface area contributed by atoms with Crippen molar-refractivity contribution in [3.05, 3.63) is 35.2 Å². The molecule has 2 aromatic rings. The fourth-order valence-corrected chi connectivity index (χ4v) is 4.68. The van der Waals surface area contributed by atoms with E-state index in [0.29, 0.717) is 19.0 Å². The minimum atomic E-state index is -0.121. The van der Waals surface area contributed by atoms with Gasteiger partial charge in [-0.3, -0.25) is 4.79 Å². The van der Waals surface area contributed by atoms with Crippen molar-refractivity contribution >= 4 is 17.7 Å². The van der Waals surface area contributed by atoms with Crippen LogP contribution >= 0.6 is 11.8 Å². The molecular formula is C22H29N3O4S. The second-order valence-corrected chi connectivity index (χ2v) is 8.73. The predicted molar refractivity (Wildman–Crippen MR) is 115 cm³/mol. The number of rotatable bonds is 7. The van der Waals surface area contributed by atoms with Crippen LogP contribution in [-0.2, 0) is 16.1 Å². The first-order valence-electron chi connectivity index (χ1n) is 10.5. The molecule has 0 bridgehead atoms. The smallest absolute Gasteiger partial charge is 0.230 e. The van der Waals surface area contributed by atoms with Gasteiger partial charge in [0.05, 0.1) is 30.1 Å². The van der Waals surface area contributed by atoms with Crippen LogP contribution in [0.25, 0.3) is 0 Å². The zero-order valence-electron chi connectivity index (χ0n) is 17.8. The van der Waals surface area contributed by atoms with Gasteiger partial charge in [-0.2, -0.15) is 0 Å². The Labute approximate surface area is 181 Å². The average molecular weight is 432 g/mol. The molecule has 2 aliphatic rings. The molecule has 0 saturated carbocycles. The summed E-state index contributed by atoms with van der Waals surface area (Å²) in [6.07, 6.45) is 2.43. The third-order valence-corrected chi connectivity index (χ3v) is 6.59. The SMILES string of the molecule is Cc1nc(SCC(=O)N[C@H](C)c2ccc3c(c2)OCCO3)n(C[C@H]2CCCO2)c1C. The maximum absolute atomic E-state index is 12.6. The van der Waals surface area contributed by atoms with Crippen LogP contribution in [0.15, 0.2) is 23.4 Å². The summed E-state index contributed by atoms with van der Waals surface area (Å²) in [5, 5.41) is 3.95. The van der Waals surface area contributed by atoms with Crippen molar-refractivity contribution < 1.29 is 19.0 Å². The van der Waals surface area contributed by atoms with Crippen LogP contribution < -0.4 is 14.8 Å². The Morgan fingerprint density at radius 1 is 1.27 bits per heavy atom. The van der Waals surface area contributed by atoms with Crippen LogP contribution in [0.2, 0.25) is 0 Å². The minimum Gasteiger partial charge on any atom is -0.486 e. The lowest BCUT2D eigenvalue weighted by Crippen LogP contribution is -2.28. The van der Waals surface area contributed by atoms with E-state index >= 15 is 0 Å². The van der Waals surface area contributed by atoms with E-state index in [2.05, 4.69) is 21.8 Å². The average Bonchev–Trinajstić information content (AvgIpc) is 3.36. The van der Waals surface area contributed by atoms with Gasteiger partial charge in [0.15, 0.2) is 16.7 Å². The molecule has 1 aromatic carbocycles. The summed E-state index contributed by atoms with van der Waals surface area (Å²) in [6, 6.07) is 5.68. The van der Waals surface area contributed by atoms with Crippen LogP contribution in [0.1, 0.15) is 42.8 Å². The van der Waals surface area contributed by atoms with Gasteiger partial charge in [-0.25, -0.2) is 4.98 Å². The van der Waals surface area contributed by atoms with Crippen molar-refractivity contribution in [3.63, 3.8) is 0 Å². The third-order valence-electron chi connectivity index (χ3n) is 5.61. The summed E-state index contributed by atoms with van der Waals surface area (Å²) >= 11 is 1.47. The number of amides is 1. The van der Waals surface area contributed by atoms with Crippen LogP contribution in [0.5, 0.6) is 11.5 Å². The summed E-state index contributed by atoms with van der Waals surface area (Å²) < 4.78 is 19.2. The number of hydrogen-bond acceptors (Lipinski definition) is 6. The molecule has 4 rings (SSSR count). The number of benzene rings is 1. The molecule has 2 aliphatic heterocycles. The largest absolute Gasteiger partial charge is 0.486 e. The summed E-state index contributed by atoms with van der Waals surface area (Å²) in [5.41, 5.74) is 3.13. The lowest BCUT2D eigenvalue weighted by Gasteiger charge is -2.21. The highest BCUT2D eigenvalue weighted by molar-refractivity contribution is 7.99. The Kier molecular flexibility index (Phi) is 6.53. The number of nitrogens with zero attached hydrogens (tertiary/aromatic N) is 2. The summed E-state index contributed by atoms with van der Waals surface area (Å²) in [6.45, 7) is 8.80. The highest BCUT2D eigenvalue weighted by Gasteiger charge is 2.21. The number of fused-ring (bicyclic) bond motifs is 1. The summed E-state index contributed by atoms with van der Waals surface area (Å²) in [4.78, 5) is 17.3. The first kappa shape index (κ1) is 21.1. The quantitative estimate of drug-likeness (QED) is 0.677. The predicted octanol–water partition coefficient (Wildman–Crippen LogP) is 3.42. The van der Waals surface area contributed by atoms with E-state index in [0.717, 1.165) is 59.6 Å². The van der Waals surface area contributed by atoms with Gasteiger partial charge in [-0.1, -0.05) is 17.8 Å². The molecule has 162 valence electrons. The molecule has 30 heavy (non-hydrogen) atoms. The maximum Gasteiger partial charge on any atom is 0.230 e. The van der Waals surface area contributed by atoms with Crippen LogP contribution in [0, 0.1) is 13.8 Å². The molecule has 0 unspecified atom stereocenters. The fourth-order valence-electron chi connectivity index (χ4n) is 3.77. The molecule has 1 N–H and O–H groups in total. The zero-order valence-corrected chi connectivity index (χ0v) is 18.6. The molecule has 1 amide bonds. The number of thioether (sulfide) groups is 1. The molecule has 1 saturated heterocycles. The lowest BCUT2D eigenvalue weighted by atomic mass is 10.1. The molecule has 7 nitrogen and oxygen atoms in total. The van der Waals surface area contributed by atoms with Gasteiger partial charge < -0.3 is 24.1 Å². The lowest BCUT2D eigenvalue weighted by molar-refractivity contribution is -0.119. The number of carbonyl (C=O) groups excluding carboxylic acids is 1. The Bertz CT molecular complexity index is 908. The highest BCUT2D eigenvalue weighted by Crippen LogP contribution is 2.32. The number of nitrogens with one attached hydrogen (secondary N) is 1. The third kappa shape index (κ3) is 4.75. The normalized spacial score (nSPS) is 19.0. The van der Waals surface area contributed by atoms with Gasteiger partial charge in [0, 0.05) is 12.3 Å². The fraction of sp³-hybridized carbons (Fsp3) is 0.545. The van der Waals surface area contributed by atoms with E-state index < -0.39 is 0 Å². The number of ether oxygens (including phenoxy) is 3. The van der Waals surface area contributed by atoms with Crippen LogP contribution in [0.3, 0.4) is 0 Å². The second kappa shape index (κ2) is 9.31. The van der Waals surface area contributed by atoms with Crippen LogP contribution in [-0.4, -0.2) is 47.1 Å². The molecule has 0 aliphatic carbocycles. The first-order valence-corrected chi connectivity index (χ1v) is 11.5. The van der Waals surface area contributed by atoms with Gasteiger partial charge in [0.25, 0.3) is 0 Å². The van der Waals surface area contributed by atoms with E-state index in [-0.39, 0.29) is 18.1 Å². The van der Waals surface area contributed by atoms with Crippen molar-refractivity contribution in [1.29, 1.82) is 0 Å². The molecular weight excluding hydrogens is 402 g/mol. The standard InChI is InChI=1S/C22H29N3O4S/c1-14-16(3)25(12-18-5-4-8-27-18)22(24-14)30-13-21(26)23-15(2)17-6-7-19-20(11-17)29-10-9-28-19/h6-7,11,15,18H,4-5,8-10,12-13H2,1-3H3,(H,23,26)/t15-,18-/m1/s1. The monoisotopic (exact) mass is 431 g/mol. The summed E-state index contributed by atoms with van der Waals surface area (Å²) in [7, 11) is 0. The number of carbonyl (C=O) groups is 1. The maximum atomic E-state index is 12.6. The number of aromatic nitrogens is 2. The van der Waals surface area contributed by atoms with E-state index in [1.54, 1.807) is 0 Å². The number of hydrogen-bond donors (Lipinski definition) is 1. The number of imidazole rings is 1. The van der Waals surface area contributed by atoms with Gasteiger partial charge in [-0.05, 0) is 51.3 Å². The van der Waals surface area contributed by atoms with Crippen molar-refractivity contribution in [2.24, 2.45) is 0 Å². The topological polar surface area (TPSA) is 74.6 Å². The van der Waals surface area contributed by atoms with Gasteiger partial charge in [-0.15, -0.1) is 0 Å². The minimum absolute atomic E-state index is 0.0237. The van der Waals surface area contributed by atoms with E-state index in [1.165, 1.54) is 11.8 Å². The second-order valence-electron chi connectivity index (χ2n) is 7.79. The van der Waals surface area contributed by atoms with E-state index in [9.17, 15) is 4.79 Å². The highest BCUT2D eigenvalue weighted by atomic mass is 32.2. The number of aryl methyl sites for hydroxylation is 1. The molecule has 1 fully saturated rings. The Balaban J connectivity index is 1.35. The Hall–Kier alpha value is -2.19. The molecule has 1 aromatic heterocycles. The Morgan fingerprint density at radius 3 is 2.83 bits per heavy atom. The molecule has 2 atom stereocenters. The summed E-state index contributed by atoms with van der Waals surface area (Å²) in [5.74, 6) is 1.78. The van der Waals surface area contributed by atoms with Crippen LogP contribution in [0.4, 0.5) is 0 Å². The molecule has 3 heterocycles. The molecule has 8 heteroatoms. The van der Waals surface area contributed by atoms with Gasteiger partial charge in [0.1, 0.15) is 13.2 Å². The van der Waals surface area contributed by atoms with Gasteiger partial charge >= 0.3 is 0 Å². The molecule has 0 radical (unpaired) electrons. The zero-order chi connectivity index (χ0) is 21.1. The van der Waals surface area contributed by atoms with E-state index in [1.807, 2.05) is 32.0 Å². The van der Waals surface area contributed by atoms with Crippen molar-refractivity contribution in [2.75, 3.05) is 25.6 Å². The van der Waals surface area contributed by atoms with Gasteiger partial charge in [0.2, 0.25) is 5.91 Å². The first-order chi connectivity index (χ1) is 14.5. The van der Waals surface area contributed by atoms with Crippen molar-refractivity contribution in [3.8, 4) is 11.5 Å².